The highest BCUT2D eigenvalue weighted by molar-refractivity contribution is 6.31. The number of halogens is 5. The normalized spacial score (nSPS) is 11.9. The van der Waals surface area contributed by atoms with Gasteiger partial charge in [0, 0.05) is 22.9 Å². The van der Waals surface area contributed by atoms with Crippen molar-refractivity contribution in [2.75, 3.05) is 25.3 Å². The number of nitrogens with two attached hydrogens (primary N) is 1. The molecule has 1 aromatic carbocycles. The van der Waals surface area contributed by atoms with Crippen molar-refractivity contribution in [2.45, 2.75) is 6.18 Å². The number of rotatable bonds is 6. The topological polar surface area (TPSA) is 116 Å². The molecule has 0 saturated carbocycles. The first-order chi connectivity index (χ1) is 17.4. The molecule has 0 aliphatic rings. The smallest absolute Gasteiger partial charge is 0.435 e. The van der Waals surface area contributed by atoms with Crippen LogP contribution in [0, 0.1) is 5.82 Å². The average molecular weight is 537 g/mol. The molecule has 3 N–H and O–H groups in total. The number of carbonyl (C=O) groups is 1. The van der Waals surface area contributed by atoms with Crippen LogP contribution in [0.4, 0.5) is 29.1 Å². The van der Waals surface area contributed by atoms with E-state index in [4.69, 9.17) is 26.8 Å². The molecule has 14 heteroatoms. The standard InChI is InChI=1S/C23H17ClF4N6O3/c1-10(31-11-4-5-16(25)15(24)6-11)30-9-14-12-7-13(22(35)37-3)21(36-2)32-19(12)17-8-18(23(26,27)28)33-34(17)20(14)29/h4-9,31H,1,29H2,2-3H3. The van der Waals surface area contributed by atoms with Crippen LogP contribution in [0.5, 0.6) is 5.88 Å². The lowest BCUT2D eigenvalue weighted by Crippen LogP contribution is -2.10. The number of nitrogen functional groups attached to an aromatic ring is 1. The third-order valence-corrected chi connectivity index (χ3v) is 5.47. The zero-order valence-electron chi connectivity index (χ0n) is 19.2. The summed E-state index contributed by atoms with van der Waals surface area (Å²) in [6.45, 7) is 3.74. The fourth-order valence-corrected chi connectivity index (χ4v) is 3.66. The summed E-state index contributed by atoms with van der Waals surface area (Å²) in [4.78, 5) is 20.7. The average Bonchev–Trinajstić information content (AvgIpc) is 3.32. The molecule has 9 nitrogen and oxygen atoms in total. The van der Waals surface area contributed by atoms with E-state index in [1.165, 1.54) is 31.5 Å². The van der Waals surface area contributed by atoms with Crippen molar-refractivity contribution >= 4 is 51.7 Å². The summed E-state index contributed by atoms with van der Waals surface area (Å²) >= 11 is 5.78. The maximum Gasteiger partial charge on any atom is 0.435 e. The summed E-state index contributed by atoms with van der Waals surface area (Å²) in [6.07, 6.45) is -3.55. The summed E-state index contributed by atoms with van der Waals surface area (Å²) in [5.74, 6) is -1.75. The van der Waals surface area contributed by atoms with Gasteiger partial charge in [0.25, 0.3) is 0 Å². The number of anilines is 2. The lowest BCUT2D eigenvalue weighted by atomic mass is 10.1. The second kappa shape index (κ2) is 9.58. The van der Waals surface area contributed by atoms with E-state index < -0.39 is 23.7 Å². The highest BCUT2D eigenvalue weighted by Gasteiger charge is 2.35. The SMILES string of the molecule is C=C(N=Cc1c(N)n2nc(C(F)(F)F)cc2c2nc(OC)c(C(=O)OC)cc12)Nc1ccc(F)c(Cl)c1. The monoisotopic (exact) mass is 536 g/mol. The Morgan fingerprint density at radius 1 is 1.27 bits per heavy atom. The Morgan fingerprint density at radius 3 is 2.62 bits per heavy atom. The van der Waals surface area contributed by atoms with E-state index in [1.54, 1.807) is 0 Å². The van der Waals surface area contributed by atoms with E-state index in [0.29, 0.717) is 5.69 Å². The number of carbonyl (C=O) groups excluding carboxylic acids is 1. The molecule has 0 fully saturated rings. The lowest BCUT2D eigenvalue weighted by molar-refractivity contribution is -0.141. The summed E-state index contributed by atoms with van der Waals surface area (Å²) in [5, 5.41) is 6.42. The van der Waals surface area contributed by atoms with E-state index in [0.717, 1.165) is 23.8 Å². The van der Waals surface area contributed by atoms with Gasteiger partial charge in [-0.05, 0) is 30.3 Å². The van der Waals surface area contributed by atoms with Crippen molar-refractivity contribution in [2.24, 2.45) is 4.99 Å². The summed E-state index contributed by atoms with van der Waals surface area (Å²) in [6, 6.07) is 5.96. The summed E-state index contributed by atoms with van der Waals surface area (Å²) < 4.78 is 64.5. The molecule has 0 radical (unpaired) electrons. The Balaban J connectivity index is 1.91. The molecular weight excluding hydrogens is 520 g/mol. The third kappa shape index (κ3) is 4.85. The first-order valence-corrected chi connectivity index (χ1v) is 10.6. The molecule has 0 spiro atoms. The molecule has 3 aromatic heterocycles. The number of hydrogen-bond donors (Lipinski definition) is 2. The number of nitrogens with zero attached hydrogens (tertiary/aromatic N) is 4. The Labute approximate surface area is 211 Å². The Morgan fingerprint density at radius 2 is 2.00 bits per heavy atom. The van der Waals surface area contributed by atoms with E-state index in [1.807, 2.05) is 0 Å². The van der Waals surface area contributed by atoms with Gasteiger partial charge in [0.15, 0.2) is 5.69 Å². The van der Waals surface area contributed by atoms with E-state index in [2.05, 4.69) is 27.0 Å². The molecule has 0 aliphatic heterocycles. The minimum absolute atomic E-state index is 0.00652. The van der Waals surface area contributed by atoms with Gasteiger partial charge in [-0.2, -0.15) is 18.3 Å². The van der Waals surface area contributed by atoms with Gasteiger partial charge < -0.3 is 20.5 Å². The van der Waals surface area contributed by atoms with Gasteiger partial charge in [-0.15, -0.1) is 0 Å². The number of pyridine rings is 2. The molecule has 0 unspecified atom stereocenters. The van der Waals surface area contributed by atoms with Gasteiger partial charge in [-0.3, -0.25) is 0 Å². The molecular formula is C23H17ClF4N6O3. The zero-order chi connectivity index (χ0) is 27.1. The molecule has 0 bridgehead atoms. The van der Waals surface area contributed by atoms with Crippen LogP contribution in [-0.4, -0.2) is 41.0 Å². The summed E-state index contributed by atoms with van der Waals surface area (Å²) in [7, 11) is 2.39. The lowest BCUT2D eigenvalue weighted by Gasteiger charge is -2.13. The van der Waals surface area contributed by atoms with Crippen molar-refractivity contribution in [1.82, 2.24) is 14.6 Å². The number of alkyl halides is 3. The first-order valence-electron chi connectivity index (χ1n) is 10.2. The summed E-state index contributed by atoms with van der Waals surface area (Å²) in [5.41, 5.74) is 5.30. The van der Waals surface area contributed by atoms with Crippen molar-refractivity contribution in [1.29, 1.82) is 0 Å². The number of fused-ring (bicyclic) bond motifs is 3. The fraction of sp³-hybridized carbons (Fsp3) is 0.130. The van der Waals surface area contributed by atoms with Gasteiger partial charge in [0.2, 0.25) is 5.88 Å². The molecule has 3 heterocycles. The van der Waals surface area contributed by atoms with E-state index in [9.17, 15) is 22.4 Å². The van der Waals surface area contributed by atoms with Crippen molar-refractivity contribution in [3.63, 3.8) is 0 Å². The number of aliphatic imine (C=N–C) groups is 1. The number of hydrogen-bond acceptors (Lipinski definition) is 8. The molecule has 4 rings (SSSR count). The van der Waals surface area contributed by atoms with Crippen molar-refractivity contribution < 1.29 is 31.8 Å². The number of methoxy groups -OCH3 is 2. The second-order valence-electron chi connectivity index (χ2n) is 7.52. The number of esters is 1. The van der Waals surface area contributed by atoms with Crippen LogP contribution >= 0.6 is 11.6 Å². The van der Waals surface area contributed by atoms with Crippen LogP contribution < -0.4 is 15.8 Å². The predicted octanol–water partition coefficient (Wildman–Crippen LogP) is 5.07. The van der Waals surface area contributed by atoms with Gasteiger partial charge in [-0.1, -0.05) is 18.2 Å². The number of ether oxygens (including phenoxy) is 2. The zero-order valence-corrected chi connectivity index (χ0v) is 19.9. The molecule has 0 atom stereocenters. The third-order valence-electron chi connectivity index (χ3n) is 5.18. The van der Waals surface area contributed by atoms with Crippen LogP contribution in [0.1, 0.15) is 21.6 Å². The van der Waals surface area contributed by atoms with Crippen LogP contribution in [0.3, 0.4) is 0 Å². The minimum Gasteiger partial charge on any atom is -0.480 e. The Bertz CT molecular complexity index is 1600. The van der Waals surface area contributed by atoms with Crippen LogP contribution in [0.25, 0.3) is 16.4 Å². The Hall–Kier alpha value is -4.39. The van der Waals surface area contributed by atoms with Gasteiger partial charge in [0.05, 0.1) is 24.8 Å². The first kappa shape index (κ1) is 25.7. The molecule has 0 amide bonds. The number of benzene rings is 1. The van der Waals surface area contributed by atoms with Crippen molar-refractivity contribution in [3.05, 3.63) is 70.4 Å². The molecule has 0 saturated heterocycles. The molecule has 0 aliphatic carbocycles. The quantitative estimate of drug-likeness (QED) is 0.201. The van der Waals surface area contributed by atoms with E-state index >= 15 is 0 Å². The van der Waals surface area contributed by atoms with Crippen LogP contribution in [0.15, 0.2) is 47.7 Å². The molecule has 37 heavy (non-hydrogen) atoms. The predicted molar refractivity (Wildman–Crippen MR) is 130 cm³/mol. The van der Waals surface area contributed by atoms with Gasteiger partial charge in [0.1, 0.15) is 28.5 Å². The van der Waals surface area contributed by atoms with E-state index in [-0.39, 0.29) is 50.1 Å². The highest BCUT2D eigenvalue weighted by Crippen LogP contribution is 2.35. The van der Waals surface area contributed by atoms with Gasteiger partial charge >= 0.3 is 12.1 Å². The highest BCUT2D eigenvalue weighted by atomic mass is 35.5. The van der Waals surface area contributed by atoms with Gasteiger partial charge in [-0.25, -0.2) is 23.7 Å². The minimum atomic E-state index is -4.76. The molecule has 4 aromatic rings. The maximum absolute atomic E-state index is 13.4. The second-order valence-corrected chi connectivity index (χ2v) is 7.92. The number of aromatic nitrogens is 3. The Kier molecular flexibility index (Phi) is 6.65. The largest absolute Gasteiger partial charge is 0.480 e. The van der Waals surface area contributed by atoms with Crippen LogP contribution in [-0.2, 0) is 10.9 Å². The van der Waals surface area contributed by atoms with Crippen molar-refractivity contribution in [3.8, 4) is 5.88 Å². The fourth-order valence-electron chi connectivity index (χ4n) is 3.48. The number of nitrogens with one attached hydrogen (secondary N) is 1. The van der Waals surface area contributed by atoms with Crippen LogP contribution in [0.2, 0.25) is 5.02 Å². The maximum atomic E-state index is 13.4. The molecule has 192 valence electrons.